The number of para-hydroxylation sites is 1. The third-order valence-corrected chi connectivity index (χ3v) is 4.00. The molecule has 4 heteroatoms. The lowest BCUT2D eigenvalue weighted by molar-refractivity contribution is -0.131. The Morgan fingerprint density at radius 3 is 2.22 bits per heavy atom. The molecule has 0 saturated carbocycles. The van der Waals surface area contributed by atoms with E-state index in [1.807, 2.05) is 30.3 Å². The molecule has 1 aliphatic heterocycles. The lowest BCUT2D eigenvalue weighted by Crippen LogP contribution is -2.08. The molecule has 0 fully saturated rings. The van der Waals surface area contributed by atoms with Gasteiger partial charge in [-0.25, -0.2) is 4.79 Å². The summed E-state index contributed by atoms with van der Waals surface area (Å²) in [4.78, 5) is 24.6. The number of carbonyl (C=O) groups is 2. The van der Waals surface area contributed by atoms with E-state index in [9.17, 15) is 9.59 Å². The summed E-state index contributed by atoms with van der Waals surface area (Å²) in [6, 6.07) is 14.5. The molecule has 0 N–H and O–H groups in total. The molecule has 1 heterocycles. The molecule has 0 unspecified atom stereocenters. The minimum atomic E-state index is -0.472. The molecule has 0 atom stereocenters. The average Bonchev–Trinajstić information content (AvgIpc) is 2.91. The summed E-state index contributed by atoms with van der Waals surface area (Å²) < 4.78 is 10.7. The Hall–Kier alpha value is -3.14. The molecule has 0 saturated heterocycles. The highest BCUT2D eigenvalue weighted by Crippen LogP contribution is 2.45. The summed E-state index contributed by atoms with van der Waals surface area (Å²) in [5.41, 5.74) is 3.00. The first-order valence-electron chi connectivity index (χ1n) is 7.16. The van der Waals surface area contributed by atoms with Crippen molar-refractivity contribution in [3.63, 3.8) is 0 Å². The first kappa shape index (κ1) is 13.5. The van der Waals surface area contributed by atoms with Crippen molar-refractivity contribution in [2.24, 2.45) is 0 Å². The summed E-state index contributed by atoms with van der Waals surface area (Å²) in [5, 5.41) is 0. The lowest BCUT2D eigenvalue weighted by Gasteiger charge is -2.15. The van der Waals surface area contributed by atoms with Gasteiger partial charge >= 0.3 is 5.97 Å². The lowest BCUT2D eigenvalue weighted by atomic mass is 9.86. The summed E-state index contributed by atoms with van der Waals surface area (Å²) >= 11 is 0. The predicted octanol–water partition coefficient (Wildman–Crippen LogP) is 3.24. The second kappa shape index (κ2) is 4.95. The van der Waals surface area contributed by atoms with Crippen LogP contribution in [0.5, 0.6) is 5.75 Å². The number of ether oxygens (including phenoxy) is 2. The zero-order chi connectivity index (χ0) is 16.0. The summed E-state index contributed by atoms with van der Waals surface area (Å²) in [7, 11) is 1.55. The number of esters is 1. The van der Waals surface area contributed by atoms with E-state index in [4.69, 9.17) is 9.47 Å². The molecule has 2 aromatic carbocycles. The average molecular weight is 304 g/mol. The Balaban J connectivity index is 2.06. The second-order valence-corrected chi connectivity index (χ2v) is 5.26. The summed E-state index contributed by atoms with van der Waals surface area (Å²) in [6.07, 6.45) is 1.37. The molecule has 2 aliphatic rings. The van der Waals surface area contributed by atoms with Gasteiger partial charge in [0, 0.05) is 22.8 Å². The van der Waals surface area contributed by atoms with E-state index in [1.54, 1.807) is 25.3 Å². The van der Waals surface area contributed by atoms with E-state index < -0.39 is 5.97 Å². The van der Waals surface area contributed by atoms with Crippen LogP contribution in [0.15, 0.2) is 60.4 Å². The Labute approximate surface area is 132 Å². The first-order chi connectivity index (χ1) is 11.2. The monoisotopic (exact) mass is 304 g/mol. The molecule has 0 radical (unpaired) electrons. The van der Waals surface area contributed by atoms with Gasteiger partial charge < -0.3 is 9.47 Å². The van der Waals surface area contributed by atoms with E-state index in [0.717, 1.165) is 0 Å². The normalized spacial score (nSPS) is 15.8. The highest BCUT2D eigenvalue weighted by atomic mass is 16.5. The van der Waals surface area contributed by atoms with Crippen LogP contribution in [-0.4, -0.2) is 18.9 Å². The van der Waals surface area contributed by atoms with Crippen molar-refractivity contribution in [1.82, 2.24) is 0 Å². The van der Waals surface area contributed by atoms with E-state index in [0.29, 0.717) is 39.3 Å². The Kier molecular flexibility index (Phi) is 2.91. The van der Waals surface area contributed by atoms with E-state index in [2.05, 4.69) is 0 Å². The Bertz CT molecular complexity index is 918. The van der Waals surface area contributed by atoms with Crippen molar-refractivity contribution in [3.8, 4) is 5.75 Å². The maximum Gasteiger partial charge on any atom is 0.345 e. The van der Waals surface area contributed by atoms with Gasteiger partial charge in [0.1, 0.15) is 11.5 Å². The molecule has 0 spiro atoms. The number of ketones is 1. The number of fused-ring (bicyclic) bond motifs is 3. The van der Waals surface area contributed by atoms with Gasteiger partial charge in [0.2, 0.25) is 0 Å². The predicted molar refractivity (Wildman–Crippen MR) is 84.8 cm³/mol. The molecular formula is C19H12O4. The minimum Gasteiger partial charge on any atom is -0.496 e. The van der Waals surface area contributed by atoms with Crippen LogP contribution in [0.3, 0.4) is 0 Å². The second-order valence-electron chi connectivity index (χ2n) is 5.26. The summed E-state index contributed by atoms with van der Waals surface area (Å²) in [6.45, 7) is 0. The van der Waals surface area contributed by atoms with E-state index in [1.165, 1.54) is 6.08 Å². The van der Waals surface area contributed by atoms with E-state index >= 15 is 0 Å². The molecule has 1 aliphatic carbocycles. The van der Waals surface area contributed by atoms with Crippen LogP contribution in [-0.2, 0) is 9.53 Å². The molecule has 23 heavy (non-hydrogen) atoms. The van der Waals surface area contributed by atoms with Crippen LogP contribution in [0.25, 0.3) is 11.1 Å². The number of rotatable bonds is 2. The maximum absolute atomic E-state index is 12.4. The van der Waals surface area contributed by atoms with Crippen molar-refractivity contribution in [2.45, 2.75) is 0 Å². The number of hydrogen-bond donors (Lipinski definition) is 0. The smallest absolute Gasteiger partial charge is 0.345 e. The van der Waals surface area contributed by atoms with Crippen molar-refractivity contribution >= 4 is 22.9 Å². The van der Waals surface area contributed by atoms with Gasteiger partial charge in [-0.05, 0) is 11.6 Å². The highest BCUT2D eigenvalue weighted by Gasteiger charge is 2.37. The largest absolute Gasteiger partial charge is 0.496 e. The number of carbonyl (C=O) groups excluding carboxylic acids is 2. The molecular weight excluding hydrogens is 292 g/mol. The van der Waals surface area contributed by atoms with Crippen LogP contribution >= 0.6 is 0 Å². The number of hydrogen-bond acceptors (Lipinski definition) is 4. The van der Waals surface area contributed by atoms with Crippen LogP contribution in [0.2, 0.25) is 0 Å². The molecule has 112 valence electrons. The van der Waals surface area contributed by atoms with E-state index in [-0.39, 0.29) is 5.78 Å². The third-order valence-electron chi connectivity index (χ3n) is 4.00. The number of methoxy groups -OCH3 is 1. The fourth-order valence-corrected chi connectivity index (χ4v) is 3.00. The molecule has 4 rings (SSSR count). The fraction of sp³-hybridized carbons (Fsp3) is 0.0526. The first-order valence-corrected chi connectivity index (χ1v) is 7.16. The van der Waals surface area contributed by atoms with Gasteiger partial charge in [0.15, 0.2) is 5.78 Å². The van der Waals surface area contributed by atoms with Crippen molar-refractivity contribution in [1.29, 1.82) is 0 Å². The zero-order valence-electron chi connectivity index (χ0n) is 12.3. The quantitative estimate of drug-likeness (QED) is 0.799. The molecule has 0 amide bonds. The van der Waals surface area contributed by atoms with Crippen molar-refractivity contribution in [3.05, 3.63) is 77.1 Å². The maximum atomic E-state index is 12.4. The van der Waals surface area contributed by atoms with Gasteiger partial charge in [-0.3, -0.25) is 4.79 Å². The highest BCUT2D eigenvalue weighted by molar-refractivity contribution is 6.33. The van der Waals surface area contributed by atoms with Crippen LogP contribution in [0, 0.1) is 0 Å². The molecule has 0 aromatic heterocycles. The number of benzene rings is 2. The Morgan fingerprint density at radius 2 is 1.48 bits per heavy atom. The summed E-state index contributed by atoms with van der Waals surface area (Å²) in [5.74, 6) is 0.260. The standard InChI is InChI=1S/C19H12O4/c1-22-15-9-5-4-8-13(15)18-17-12-7-3-2-6-11(12)14(20)10-16(17)23-19(18)21/h2-10H,1H3. The molecule has 4 nitrogen and oxygen atoms in total. The topological polar surface area (TPSA) is 52.6 Å². The number of allylic oxidation sites excluding steroid dienone is 2. The van der Waals surface area contributed by atoms with Crippen molar-refractivity contribution in [2.75, 3.05) is 7.11 Å². The van der Waals surface area contributed by atoms with Gasteiger partial charge in [-0.1, -0.05) is 42.5 Å². The van der Waals surface area contributed by atoms with Crippen LogP contribution < -0.4 is 4.74 Å². The van der Waals surface area contributed by atoms with Gasteiger partial charge in [0.25, 0.3) is 0 Å². The zero-order valence-corrected chi connectivity index (χ0v) is 12.3. The third kappa shape index (κ3) is 1.92. The van der Waals surface area contributed by atoms with Crippen LogP contribution in [0.1, 0.15) is 21.5 Å². The SMILES string of the molecule is COc1ccccc1C1=C2C(=CC(=O)c3ccccc32)OC1=O. The van der Waals surface area contributed by atoms with Crippen molar-refractivity contribution < 1.29 is 19.1 Å². The Morgan fingerprint density at radius 1 is 0.826 bits per heavy atom. The minimum absolute atomic E-state index is 0.159. The van der Waals surface area contributed by atoms with Gasteiger partial charge in [-0.2, -0.15) is 0 Å². The van der Waals surface area contributed by atoms with Gasteiger partial charge in [-0.15, -0.1) is 0 Å². The fourth-order valence-electron chi connectivity index (χ4n) is 3.00. The molecule has 2 aromatic rings. The van der Waals surface area contributed by atoms with Crippen LogP contribution in [0.4, 0.5) is 0 Å². The van der Waals surface area contributed by atoms with Gasteiger partial charge in [0.05, 0.1) is 12.7 Å². The molecule has 0 bridgehead atoms.